The van der Waals surface area contributed by atoms with E-state index in [4.69, 9.17) is 0 Å². The first-order valence-corrected chi connectivity index (χ1v) is 4.35. The van der Waals surface area contributed by atoms with Crippen LogP contribution in [0.4, 0.5) is 0 Å². The highest BCUT2D eigenvalue weighted by molar-refractivity contribution is 5.92. The molecule has 1 aliphatic heterocycles. The molecule has 1 unspecified atom stereocenters. The molecule has 0 bridgehead atoms. The molecule has 74 valence electrons. The molecule has 5 heteroatoms. The zero-order valence-electron chi connectivity index (χ0n) is 7.96. The number of amides is 2. The highest BCUT2D eigenvalue weighted by Crippen LogP contribution is 1.97. The summed E-state index contributed by atoms with van der Waals surface area (Å²) in [5.41, 5.74) is 0. The Morgan fingerprint density at radius 2 is 2.31 bits per heavy atom. The summed E-state index contributed by atoms with van der Waals surface area (Å²) < 4.78 is 0. The number of carbonyl (C=O) groups excluding carboxylic acids is 2. The van der Waals surface area contributed by atoms with Gasteiger partial charge >= 0.3 is 0 Å². The van der Waals surface area contributed by atoms with Crippen LogP contribution in [-0.4, -0.2) is 49.4 Å². The summed E-state index contributed by atoms with van der Waals surface area (Å²) in [5.74, 6) is -0.0930. The predicted octanol–water partition coefficient (Wildman–Crippen LogP) is -1.45. The van der Waals surface area contributed by atoms with Gasteiger partial charge in [0, 0.05) is 12.6 Å². The second-order valence-corrected chi connectivity index (χ2v) is 3.24. The van der Waals surface area contributed by atoms with Crippen LogP contribution in [0.3, 0.4) is 0 Å². The van der Waals surface area contributed by atoms with E-state index < -0.39 is 0 Å². The third kappa shape index (κ3) is 2.69. The Balaban J connectivity index is 2.46. The van der Waals surface area contributed by atoms with Crippen LogP contribution in [0.25, 0.3) is 0 Å². The molecule has 2 N–H and O–H groups in total. The van der Waals surface area contributed by atoms with Crippen LogP contribution in [0.5, 0.6) is 0 Å². The van der Waals surface area contributed by atoms with Gasteiger partial charge in [-0.15, -0.1) is 0 Å². The van der Waals surface area contributed by atoms with Crippen molar-refractivity contribution in [3.8, 4) is 0 Å². The summed E-state index contributed by atoms with van der Waals surface area (Å²) in [6.45, 7) is 2.88. The first-order valence-electron chi connectivity index (χ1n) is 4.35. The van der Waals surface area contributed by atoms with Crippen molar-refractivity contribution in [2.45, 2.75) is 13.0 Å². The topological polar surface area (TPSA) is 61.4 Å². The molecule has 0 aromatic heterocycles. The Morgan fingerprint density at radius 1 is 1.62 bits per heavy atom. The number of carbonyl (C=O) groups is 2. The number of piperazine rings is 1. The molecule has 1 aliphatic rings. The molecule has 0 radical (unpaired) electrons. The first-order chi connectivity index (χ1) is 6.13. The van der Waals surface area contributed by atoms with Crippen molar-refractivity contribution in [1.29, 1.82) is 0 Å². The van der Waals surface area contributed by atoms with Gasteiger partial charge in [-0.3, -0.25) is 9.59 Å². The van der Waals surface area contributed by atoms with Crippen molar-refractivity contribution in [2.75, 3.05) is 26.7 Å². The van der Waals surface area contributed by atoms with E-state index in [1.165, 1.54) is 0 Å². The first kappa shape index (κ1) is 9.98. The van der Waals surface area contributed by atoms with E-state index in [-0.39, 0.29) is 30.9 Å². The molecule has 5 nitrogen and oxygen atoms in total. The average Bonchev–Trinajstić information content (AvgIpc) is 2.11. The second-order valence-electron chi connectivity index (χ2n) is 3.24. The van der Waals surface area contributed by atoms with Crippen LogP contribution in [-0.2, 0) is 9.59 Å². The Kier molecular flexibility index (Phi) is 3.25. The zero-order valence-corrected chi connectivity index (χ0v) is 7.96. The van der Waals surface area contributed by atoms with E-state index in [2.05, 4.69) is 10.6 Å². The van der Waals surface area contributed by atoms with E-state index in [1.54, 1.807) is 4.90 Å². The molecule has 0 aromatic carbocycles. The average molecular weight is 185 g/mol. The van der Waals surface area contributed by atoms with Crippen molar-refractivity contribution in [1.82, 2.24) is 15.5 Å². The molecule has 1 saturated heterocycles. The van der Waals surface area contributed by atoms with E-state index in [1.807, 2.05) is 14.0 Å². The maximum Gasteiger partial charge on any atom is 0.242 e. The summed E-state index contributed by atoms with van der Waals surface area (Å²) in [4.78, 5) is 23.8. The fraction of sp³-hybridized carbons (Fsp3) is 0.750. The van der Waals surface area contributed by atoms with Crippen LogP contribution in [0.15, 0.2) is 0 Å². The second kappa shape index (κ2) is 4.23. The maximum atomic E-state index is 11.3. The fourth-order valence-corrected chi connectivity index (χ4v) is 1.19. The van der Waals surface area contributed by atoms with E-state index >= 15 is 0 Å². The minimum Gasteiger partial charge on any atom is -0.345 e. The zero-order chi connectivity index (χ0) is 9.84. The van der Waals surface area contributed by atoms with Gasteiger partial charge in [-0.1, -0.05) is 0 Å². The van der Waals surface area contributed by atoms with Gasteiger partial charge in [0.25, 0.3) is 0 Å². The van der Waals surface area contributed by atoms with Crippen LogP contribution in [0.2, 0.25) is 0 Å². The predicted molar refractivity (Wildman–Crippen MR) is 48.1 cm³/mol. The summed E-state index contributed by atoms with van der Waals surface area (Å²) in [6, 6.07) is 0.217. The normalized spacial score (nSPS) is 20.0. The van der Waals surface area contributed by atoms with Gasteiger partial charge in [-0.05, 0) is 14.0 Å². The lowest BCUT2D eigenvalue weighted by molar-refractivity contribution is -0.140. The molecule has 0 saturated carbocycles. The summed E-state index contributed by atoms with van der Waals surface area (Å²) in [7, 11) is 1.83. The molecule has 0 aliphatic carbocycles. The van der Waals surface area contributed by atoms with Crippen molar-refractivity contribution >= 4 is 11.8 Å². The molecule has 2 amide bonds. The van der Waals surface area contributed by atoms with Gasteiger partial charge in [0.2, 0.25) is 11.8 Å². The Morgan fingerprint density at radius 3 is 2.92 bits per heavy atom. The van der Waals surface area contributed by atoms with Crippen molar-refractivity contribution in [3.05, 3.63) is 0 Å². The maximum absolute atomic E-state index is 11.3. The number of likely N-dealkylation sites (N-methyl/N-ethyl adjacent to an activating group) is 1. The molecular formula is C8H15N3O2. The minimum atomic E-state index is -0.0806. The quantitative estimate of drug-likeness (QED) is 0.565. The molecule has 13 heavy (non-hydrogen) atoms. The van der Waals surface area contributed by atoms with Gasteiger partial charge in [0.05, 0.1) is 13.1 Å². The highest BCUT2D eigenvalue weighted by Gasteiger charge is 2.23. The van der Waals surface area contributed by atoms with Crippen molar-refractivity contribution in [3.63, 3.8) is 0 Å². The van der Waals surface area contributed by atoms with Gasteiger partial charge < -0.3 is 15.5 Å². The van der Waals surface area contributed by atoms with Crippen molar-refractivity contribution in [2.24, 2.45) is 0 Å². The Labute approximate surface area is 77.5 Å². The molecule has 1 rings (SSSR count). The lowest BCUT2D eigenvalue weighted by atomic mass is 10.2. The van der Waals surface area contributed by atoms with Crippen LogP contribution in [0, 0.1) is 0 Å². The summed E-state index contributed by atoms with van der Waals surface area (Å²) >= 11 is 0. The third-order valence-electron chi connectivity index (χ3n) is 2.11. The molecule has 1 heterocycles. The lowest BCUT2D eigenvalue weighted by Crippen LogP contribution is -2.54. The molecular weight excluding hydrogens is 170 g/mol. The van der Waals surface area contributed by atoms with E-state index in [0.717, 1.165) is 0 Å². The summed E-state index contributed by atoms with van der Waals surface area (Å²) in [6.07, 6.45) is 0. The number of nitrogens with zero attached hydrogens (tertiary/aromatic N) is 1. The summed E-state index contributed by atoms with van der Waals surface area (Å²) in [5, 5.41) is 5.52. The van der Waals surface area contributed by atoms with Gasteiger partial charge in [0.1, 0.15) is 0 Å². The van der Waals surface area contributed by atoms with Gasteiger partial charge in [0.15, 0.2) is 0 Å². The monoisotopic (exact) mass is 185 g/mol. The van der Waals surface area contributed by atoms with E-state index in [0.29, 0.717) is 6.54 Å². The minimum absolute atomic E-state index is 0.0123. The lowest BCUT2D eigenvalue weighted by Gasteiger charge is -2.28. The molecule has 1 atom stereocenters. The molecule has 0 aromatic rings. The third-order valence-corrected chi connectivity index (χ3v) is 2.11. The smallest absolute Gasteiger partial charge is 0.242 e. The number of hydrogen-bond donors (Lipinski definition) is 2. The Bertz CT molecular complexity index is 217. The number of hydrogen-bond acceptors (Lipinski definition) is 3. The largest absolute Gasteiger partial charge is 0.345 e. The van der Waals surface area contributed by atoms with E-state index in [9.17, 15) is 9.59 Å². The number of rotatable bonds is 3. The standard InChI is InChI=1S/C8H15N3O2/c1-6(9-2)4-11-5-7(12)10-3-8(11)13/h6,9H,3-5H2,1-2H3,(H,10,12). The SMILES string of the molecule is CNC(C)CN1CC(=O)NCC1=O. The molecule has 0 spiro atoms. The van der Waals surface area contributed by atoms with Gasteiger partial charge in [-0.2, -0.15) is 0 Å². The fourth-order valence-electron chi connectivity index (χ4n) is 1.19. The highest BCUT2D eigenvalue weighted by atomic mass is 16.2. The van der Waals surface area contributed by atoms with Crippen molar-refractivity contribution < 1.29 is 9.59 Å². The van der Waals surface area contributed by atoms with Gasteiger partial charge in [-0.25, -0.2) is 0 Å². The van der Waals surface area contributed by atoms with Crippen LogP contribution in [0.1, 0.15) is 6.92 Å². The van der Waals surface area contributed by atoms with Crippen LogP contribution < -0.4 is 10.6 Å². The molecule has 1 fully saturated rings. The number of nitrogens with one attached hydrogen (secondary N) is 2. The Hall–Kier alpha value is -1.10. The van der Waals surface area contributed by atoms with Crippen LogP contribution >= 0.6 is 0 Å².